The van der Waals surface area contributed by atoms with Crippen LogP contribution in [0.3, 0.4) is 0 Å². The van der Waals surface area contributed by atoms with Gasteiger partial charge >= 0.3 is 0 Å². The Morgan fingerprint density at radius 3 is 2.63 bits per heavy atom. The summed E-state index contributed by atoms with van der Waals surface area (Å²) in [5.74, 6) is 0.783. The van der Waals surface area contributed by atoms with Crippen LogP contribution in [-0.4, -0.2) is 34.3 Å². The molecule has 0 saturated carbocycles. The summed E-state index contributed by atoms with van der Waals surface area (Å²) < 4.78 is 1.90. The first-order valence-electron chi connectivity index (χ1n) is 8.62. The fraction of sp³-hybridized carbons (Fsp3) is 0.316. The largest absolute Gasteiger partial charge is 0.356 e. The molecule has 0 amide bonds. The number of nitrogens with zero attached hydrogens (tertiary/aromatic N) is 4. The topological polar surface area (TPSA) is 67.1 Å². The Morgan fingerprint density at radius 2 is 1.96 bits per heavy atom. The lowest BCUT2D eigenvalue weighted by Gasteiger charge is -2.10. The van der Waals surface area contributed by atoms with E-state index in [0.29, 0.717) is 6.54 Å². The van der Waals surface area contributed by atoms with E-state index in [4.69, 9.17) is 0 Å². The van der Waals surface area contributed by atoms with Crippen molar-refractivity contribution in [2.24, 2.45) is 4.99 Å². The number of para-hydroxylation sites is 1. The second kappa shape index (κ2) is 10.4. The van der Waals surface area contributed by atoms with Crippen LogP contribution in [0.4, 0.5) is 0 Å². The van der Waals surface area contributed by atoms with Gasteiger partial charge in [0.2, 0.25) is 0 Å². The van der Waals surface area contributed by atoms with Crippen LogP contribution >= 0.6 is 35.3 Å². The van der Waals surface area contributed by atoms with Crippen molar-refractivity contribution in [2.75, 3.05) is 13.6 Å². The number of halogens is 1. The van der Waals surface area contributed by atoms with E-state index in [1.54, 1.807) is 18.4 Å². The molecule has 2 N–H and O–H groups in total. The van der Waals surface area contributed by atoms with Crippen molar-refractivity contribution < 1.29 is 0 Å². The minimum Gasteiger partial charge on any atom is -0.356 e. The predicted molar refractivity (Wildman–Crippen MR) is 122 cm³/mol. The van der Waals surface area contributed by atoms with Gasteiger partial charge in [0, 0.05) is 24.7 Å². The van der Waals surface area contributed by atoms with Gasteiger partial charge in [-0.2, -0.15) is 5.10 Å². The molecule has 0 aliphatic carbocycles. The highest BCUT2D eigenvalue weighted by Crippen LogP contribution is 2.15. The summed E-state index contributed by atoms with van der Waals surface area (Å²) >= 11 is 1.72. The summed E-state index contributed by atoms with van der Waals surface area (Å²) in [6, 6.07) is 10.1. The molecule has 0 unspecified atom stereocenters. The van der Waals surface area contributed by atoms with Gasteiger partial charge in [0.1, 0.15) is 5.01 Å². The number of aryl methyl sites for hydroxylation is 2. The zero-order chi connectivity index (χ0) is 18.4. The molecule has 1 aromatic carbocycles. The monoisotopic (exact) mass is 496 g/mol. The maximum Gasteiger partial charge on any atom is 0.191 e. The molecule has 27 heavy (non-hydrogen) atoms. The zero-order valence-electron chi connectivity index (χ0n) is 15.8. The van der Waals surface area contributed by atoms with Gasteiger partial charge in [0.15, 0.2) is 5.96 Å². The molecule has 3 rings (SSSR count). The van der Waals surface area contributed by atoms with E-state index < -0.39 is 0 Å². The highest BCUT2D eigenvalue weighted by atomic mass is 127. The van der Waals surface area contributed by atoms with Crippen molar-refractivity contribution >= 4 is 41.3 Å². The van der Waals surface area contributed by atoms with E-state index >= 15 is 0 Å². The summed E-state index contributed by atoms with van der Waals surface area (Å²) in [6.07, 6.45) is 4.85. The van der Waals surface area contributed by atoms with Crippen molar-refractivity contribution in [3.8, 4) is 5.69 Å². The summed E-state index contributed by atoms with van der Waals surface area (Å²) in [5.41, 5.74) is 3.35. The number of guanidine groups is 1. The van der Waals surface area contributed by atoms with E-state index in [1.807, 2.05) is 48.1 Å². The minimum absolute atomic E-state index is 0. The third kappa shape index (κ3) is 6.03. The first-order valence-corrected chi connectivity index (χ1v) is 9.44. The third-order valence-corrected chi connectivity index (χ3v) is 5.14. The van der Waals surface area contributed by atoms with Crippen molar-refractivity contribution in [2.45, 2.75) is 26.8 Å². The van der Waals surface area contributed by atoms with E-state index in [-0.39, 0.29) is 24.0 Å². The third-order valence-electron chi connectivity index (χ3n) is 4.07. The highest BCUT2D eigenvalue weighted by molar-refractivity contribution is 14.0. The molecule has 0 aliphatic rings. The van der Waals surface area contributed by atoms with Crippen LogP contribution in [0, 0.1) is 13.8 Å². The number of aliphatic imine (C=N–C) groups is 1. The Hall–Kier alpha value is -1.94. The number of rotatable bonds is 6. The van der Waals surface area contributed by atoms with Crippen molar-refractivity contribution in [1.82, 2.24) is 25.4 Å². The molecule has 0 radical (unpaired) electrons. The Bertz CT molecular complexity index is 852. The lowest BCUT2D eigenvalue weighted by Crippen LogP contribution is -2.37. The number of nitrogens with one attached hydrogen (secondary N) is 2. The number of benzene rings is 1. The Kier molecular flexibility index (Phi) is 8.23. The molecular formula is C19H25IN6S. The number of aromatic nitrogens is 3. The predicted octanol–water partition coefficient (Wildman–Crippen LogP) is 3.47. The summed E-state index contributed by atoms with van der Waals surface area (Å²) in [6.45, 7) is 5.61. The molecule has 0 spiro atoms. The van der Waals surface area contributed by atoms with Gasteiger partial charge in [-0.3, -0.25) is 4.99 Å². The van der Waals surface area contributed by atoms with Crippen molar-refractivity contribution in [3.63, 3.8) is 0 Å². The molecule has 0 atom stereocenters. The zero-order valence-corrected chi connectivity index (χ0v) is 18.9. The quantitative estimate of drug-likeness (QED) is 0.312. The molecular weight excluding hydrogens is 471 g/mol. The minimum atomic E-state index is 0. The molecule has 2 heterocycles. The first-order chi connectivity index (χ1) is 12.7. The molecule has 8 heteroatoms. The molecule has 144 valence electrons. The van der Waals surface area contributed by atoms with Crippen LogP contribution in [0.15, 0.2) is 47.7 Å². The van der Waals surface area contributed by atoms with Crippen LogP contribution < -0.4 is 10.6 Å². The van der Waals surface area contributed by atoms with Gasteiger partial charge in [-0.25, -0.2) is 9.67 Å². The lowest BCUT2D eigenvalue weighted by atomic mass is 10.2. The normalized spacial score (nSPS) is 11.1. The smallest absolute Gasteiger partial charge is 0.191 e. The number of hydrogen-bond acceptors (Lipinski definition) is 4. The van der Waals surface area contributed by atoms with E-state index in [9.17, 15) is 0 Å². The van der Waals surface area contributed by atoms with Crippen molar-refractivity contribution in [1.29, 1.82) is 0 Å². The van der Waals surface area contributed by atoms with E-state index in [2.05, 4.69) is 38.8 Å². The number of hydrogen-bond donors (Lipinski definition) is 2. The molecule has 0 fully saturated rings. The highest BCUT2D eigenvalue weighted by Gasteiger charge is 2.05. The Labute approximate surface area is 181 Å². The second-order valence-electron chi connectivity index (χ2n) is 5.98. The average molecular weight is 496 g/mol. The first kappa shape index (κ1) is 21.4. The van der Waals surface area contributed by atoms with Crippen LogP contribution in [0.5, 0.6) is 0 Å². The molecule has 0 bridgehead atoms. The van der Waals surface area contributed by atoms with Gasteiger partial charge in [0.05, 0.1) is 24.1 Å². The van der Waals surface area contributed by atoms with E-state index in [1.165, 1.54) is 10.4 Å². The molecule has 3 aromatic rings. The maximum absolute atomic E-state index is 4.54. The summed E-state index contributed by atoms with van der Waals surface area (Å²) in [4.78, 5) is 10.1. The molecule has 2 aromatic heterocycles. The van der Waals surface area contributed by atoms with Gasteiger partial charge in [-0.1, -0.05) is 18.2 Å². The van der Waals surface area contributed by atoms with Crippen LogP contribution in [0.25, 0.3) is 5.69 Å². The van der Waals surface area contributed by atoms with Crippen molar-refractivity contribution in [3.05, 3.63) is 63.9 Å². The van der Waals surface area contributed by atoms with Gasteiger partial charge in [-0.15, -0.1) is 35.3 Å². The standard InChI is InChI=1S/C19H24N6S.HI/c1-14-15(2)26-18(24-14)12-22-19(20-3)21-10-9-16-11-23-25(13-16)17-7-5-4-6-8-17;/h4-8,11,13H,9-10,12H2,1-3H3,(H2,20,21,22);1H. The van der Waals surface area contributed by atoms with Crippen LogP contribution in [0.2, 0.25) is 0 Å². The van der Waals surface area contributed by atoms with Crippen LogP contribution in [0.1, 0.15) is 21.1 Å². The van der Waals surface area contributed by atoms with E-state index in [0.717, 1.165) is 35.3 Å². The fourth-order valence-electron chi connectivity index (χ4n) is 2.53. The second-order valence-corrected chi connectivity index (χ2v) is 7.27. The average Bonchev–Trinajstić information content (AvgIpc) is 3.25. The summed E-state index contributed by atoms with van der Waals surface area (Å²) in [7, 11) is 1.78. The fourth-order valence-corrected chi connectivity index (χ4v) is 3.40. The molecule has 0 saturated heterocycles. The molecule has 6 nitrogen and oxygen atoms in total. The maximum atomic E-state index is 4.54. The Balaban J connectivity index is 0.00000261. The molecule has 0 aliphatic heterocycles. The van der Waals surface area contributed by atoms with Crippen LogP contribution in [-0.2, 0) is 13.0 Å². The van der Waals surface area contributed by atoms with Gasteiger partial charge in [-0.05, 0) is 38.0 Å². The Morgan fingerprint density at radius 1 is 1.19 bits per heavy atom. The SMILES string of the molecule is CN=C(NCCc1cnn(-c2ccccc2)c1)NCc1nc(C)c(C)s1.I. The van der Waals surface area contributed by atoms with Gasteiger partial charge < -0.3 is 10.6 Å². The van der Waals surface area contributed by atoms with Gasteiger partial charge in [0.25, 0.3) is 0 Å². The summed E-state index contributed by atoms with van der Waals surface area (Å²) in [5, 5.41) is 12.1. The number of thiazole rings is 1. The lowest BCUT2D eigenvalue weighted by molar-refractivity contribution is 0.790.